The lowest BCUT2D eigenvalue weighted by molar-refractivity contribution is 0.250. The summed E-state index contributed by atoms with van der Waals surface area (Å²) in [6.45, 7) is 4.58. The zero-order valence-corrected chi connectivity index (χ0v) is 17.3. The molecule has 6 heteroatoms. The van der Waals surface area contributed by atoms with Gasteiger partial charge in [-0.05, 0) is 47.3 Å². The maximum atomic E-state index is 13.1. The summed E-state index contributed by atoms with van der Waals surface area (Å²) in [6, 6.07) is 20.8. The summed E-state index contributed by atoms with van der Waals surface area (Å²) in [5.41, 5.74) is 3.11. The minimum Gasteiger partial charge on any atom is -0.369 e. The van der Waals surface area contributed by atoms with Gasteiger partial charge in [0, 0.05) is 54.7 Å². The summed E-state index contributed by atoms with van der Waals surface area (Å²) in [6.07, 6.45) is 0. The Morgan fingerprint density at radius 2 is 1.53 bits per heavy atom. The van der Waals surface area contributed by atoms with Crippen LogP contribution in [0.2, 0.25) is 0 Å². The van der Waals surface area contributed by atoms with Crippen molar-refractivity contribution in [1.29, 1.82) is 0 Å². The van der Waals surface area contributed by atoms with E-state index >= 15 is 0 Å². The lowest BCUT2D eigenvalue weighted by atomic mass is 10.0. The Hall–Kier alpha value is -2.89. The molecule has 0 aliphatic carbocycles. The molecular weight excluding hydrogens is 401 g/mol. The largest absolute Gasteiger partial charge is 0.369 e. The molecule has 0 saturated carbocycles. The Morgan fingerprint density at radius 3 is 2.27 bits per heavy atom. The van der Waals surface area contributed by atoms with Crippen LogP contribution in [0, 0.1) is 5.82 Å². The lowest BCUT2D eigenvalue weighted by Crippen LogP contribution is -2.45. The molecule has 1 aromatic heterocycles. The number of anilines is 1. The van der Waals surface area contributed by atoms with Gasteiger partial charge in [-0.1, -0.05) is 30.3 Å². The van der Waals surface area contributed by atoms with Gasteiger partial charge in [0.25, 0.3) is 5.56 Å². The first-order chi connectivity index (χ1) is 14.2. The van der Waals surface area contributed by atoms with Gasteiger partial charge in [0.15, 0.2) is 0 Å². The van der Waals surface area contributed by atoms with E-state index in [2.05, 4.69) is 33.0 Å². The van der Waals surface area contributed by atoms with Crippen molar-refractivity contribution < 1.29 is 4.39 Å². The number of hydrogen-bond donors (Lipinski definition) is 1. The fourth-order valence-corrected chi connectivity index (χ4v) is 4.21. The topological polar surface area (TPSA) is 39.3 Å². The molecule has 4 nitrogen and oxygen atoms in total. The third-order valence-electron chi connectivity index (χ3n) is 5.76. The van der Waals surface area contributed by atoms with Gasteiger partial charge in [0.1, 0.15) is 5.82 Å². The number of rotatable bonds is 3. The van der Waals surface area contributed by atoms with E-state index < -0.39 is 0 Å². The van der Waals surface area contributed by atoms with E-state index in [9.17, 15) is 9.18 Å². The van der Waals surface area contributed by atoms with Gasteiger partial charge in [-0.3, -0.25) is 9.69 Å². The average Bonchev–Trinajstić information content (AvgIpc) is 2.75. The molecule has 154 valence electrons. The van der Waals surface area contributed by atoms with Crippen molar-refractivity contribution in [1.82, 2.24) is 9.88 Å². The summed E-state index contributed by atoms with van der Waals surface area (Å²) in [4.78, 5) is 20.1. The van der Waals surface area contributed by atoms with Gasteiger partial charge in [-0.2, -0.15) is 0 Å². The van der Waals surface area contributed by atoms with Crippen LogP contribution in [-0.2, 0) is 6.54 Å². The predicted octanol–water partition coefficient (Wildman–Crippen LogP) is 4.56. The van der Waals surface area contributed by atoms with Gasteiger partial charge in [0.05, 0.1) is 0 Å². The van der Waals surface area contributed by atoms with Gasteiger partial charge in [-0.15, -0.1) is 12.4 Å². The maximum absolute atomic E-state index is 13.1. The number of fused-ring (bicyclic) bond motifs is 3. The van der Waals surface area contributed by atoms with Gasteiger partial charge < -0.3 is 9.88 Å². The number of H-pyrrole nitrogens is 1. The van der Waals surface area contributed by atoms with Crippen molar-refractivity contribution >= 4 is 39.8 Å². The third-order valence-corrected chi connectivity index (χ3v) is 5.76. The fourth-order valence-electron chi connectivity index (χ4n) is 4.21. The molecule has 1 aliphatic heterocycles. The monoisotopic (exact) mass is 423 g/mol. The molecule has 1 fully saturated rings. The van der Waals surface area contributed by atoms with E-state index in [0.717, 1.165) is 60.1 Å². The van der Waals surface area contributed by atoms with Crippen molar-refractivity contribution in [3.63, 3.8) is 0 Å². The predicted molar refractivity (Wildman–Crippen MR) is 123 cm³/mol. The van der Waals surface area contributed by atoms with Crippen LogP contribution >= 0.6 is 12.4 Å². The number of benzene rings is 3. The molecule has 1 saturated heterocycles. The van der Waals surface area contributed by atoms with E-state index in [4.69, 9.17) is 0 Å². The highest BCUT2D eigenvalue weighted by Crippen LogP contribution is 2.23. The van der Waals surface area contributed by atoms with Gasteiger partial charge >= 0.3 is 0 Å². The molecule has 0 atom stereocenters. The summed E-state index contributed by atoms with van der Waals surface area (Å²) >= 11 is 0. The quantitative estimate of drug-likeness (QED) is 0.491. The second-order valence-electron chi connectivity index (χ2n) is 7.62. The van der Waals surface area contributed by atoms with Gasteiger partial charge in [0.2, 0.25) is 0 Å². The zero-order valence-electron chi connectivity index (χ0n) is 16.5. The van der Waals surface area contributed by atoms with Crippen molar-refractivity contribution in [2.24, 2.45) is 0 Å². The molecule has 0 spiro atoms. The van der Waals surface area contributed by atoms with Crippen molar-refractivity contribution in [2.75, 3.05) is 31.1 Å². The number of hydrogen-bond acceptors (Lipinski definition) is 3. The standard InChI is InChI=1S/C24H22FN3O.ClH/c25-18-6-8-19(9-7-18)28-13-11-27(12-14-28)16-17-5-10-21-20-3-1-2-4-22(20)24(29)26-23(21)15-17;/h1-10,15H,11-14,16H2,(H,26,29);1H. The van der Waals surface area contributed by atoms with E-state index in [1.54, 1.807) is 0 Å². The smallest absolute Gasteiger partial charge is 0.256 e. The Balaban J connectivity index is 0.00000218. The fraction of sp³-hybridized carbons (Fsp3) is 0.208. The van der Waals surface area contributed by atoms with E-state index in [1.165, 1.54) is 17.7 Å². The number of nitrogens with one attached hydrogen (secondary N) is 1. The van der Waals surface area contributed by atoms with Crippen LogP contribution in [0.25, 0.3) is 21.7 Å². The summed E-state index contributed by atoms with van der Waals surface area (Å²) in [7, 11) is 0. The molecule has 2 heterocycles. The van der Waals surface area contributed by atoms with Crippen molar-refractivity contribution in [2.45, 2.75) is 6.54 Å². The summed E-state index contributed by atoms with van der Waals surface area (Å²) in [5, 5.41) is 2.79. The van der Waals surface area contributed by atoms with Crippen LogP contribution in [0.3, 0.4) is 0 Å². The zero-order chi connectivity index (χ0) is 19.8. The minimum absolute atomic E-state index is 0. The first-order valence-corrected chi connectivity index (χ1v) is 9.94. The lowest BCUT2D eigenvalue weighted by Gasteiger charge is -2.36. The molecule has 1 N–H and O–H groups in total. The molecule has 0 bridgehead atoms. The number of aromatic nitrogens is 1. The second-order valence-corrected chi connectivity index (χ2v) is 7.62. The van der Waals surface area contributed by atoms with Crippen molar-refractivity contribution in [3.8, 4) is 0 Å². The van der Waals surface area contributed by atoms with Crippen LogP contribution in [0.4, 0.5) is 10.1 Å². The number of piperazine rings is 1. The first-order valence-electron chi connectivity index (χ1n) is 9.94. The van der Waals surface area contributed by atoms with E-state index in [0.29, 0.717) is 0 Å². The normalized spacial score (nSPS) is 14.8. The molecular formula is C24H23ClFN3O. The molecule has 0 amide bonds. The Morgan fingerprint density at radius 1 is 0.833 bits per heavy atom. The number of aromatic amines is 1. The molecule has 1 aliphatic rings. The van der Waals surface area contributed by atoms with E-state index in [-0.39, 0.29) is 23.8 Å². The van der Waals surface area contributed by atoms with E-state index in [1.807, 2.05) is 36.4 Å². The first kappa shape index (κ1) is 20.4. The SMILES string of the molecule is Cl.O=c1[nH]c2cc(CN3CCN(c4ccc(F)cc4)CC3)ccc2c2ccccc12. The Kier molecular flexibility index (Phi) is 5.75. The van der Waals surface area contributed by atoms with Crippen LogP contribution in [-0.4, -0.2) is 36.1 Å². The number of pyridine rings is 1. The molecule has 0 radical (unpaired) electrons. The average molecular weight is 424 g/mol. The van der Waals surface area contributed by atoms with Crippen LogP contribution in [0.5, 0.6) is 0 Å². The number of halogens is 2. The molecule has 0 unspecified atom stereocenters. The van der Waals surface area contributed by atoms with Crippen LogP contribution in [0.1, 0.15) is 5.56 Å². The molecule has 4 aromatic rings. The number of nitrogens with zero attached hydrogens (tertiary/aromatic N) is 2. The third kappa shape index (κ3) is 3.91. The van der Waals surface area contributed by atoms with Crippen LogP contribution < -0.4 is 10.5 Å². The highest BCUT2D eigenvalue weighted by Gasteiger charge is 2.17. The highest BCUT2D eigenvalue weighted by atomic mass is 35.5. The van der Waals surface area contributed by atoms with Crippen LogP contribution in [0.15, 0.2) is 71.5 Å². The Labute approximate surface area is 180 Å². The summed E-state index contributed by atoms with van der Waals surface area (Å²) in [5.74, 6) is -0.200. The molecule has 5 rings (SSSR count). The second kappa shape index (κ2) is 8.46. The van der Waals surface area contributed by atoms with Crippen molar-refractivity contribution in [3.05, 3.63) is 88.5 Å². The van der Waals surface area contributed by atoms with Gasteiger partial charge in [-0.25, -0.2) is 4.39 Å². The highest BCUT2D eigenvalue weighted by molar-refractivity contribution is 6.05. The summed E-state index contributed by atoms with van der Waals surface area (Å²) < 4.78 is 13.1. The minimum atomic E-state index is -0.200. The molecule has 30 heavy (non-hydrogen) atoms. The Bertz CT molecular complexity index is 1230. The molecule has 3 aromatic carbocycles. The maximum Gasteiger partial charge on any atom is 0.256 e.